The van der Waals surface area contributed by atoms with Crippen molar-refractivity contribution in [2.75, 3.05) is 13.1 Å². The van der Waals surface area contributed by atoms with Crippen molar-refractivity contribution < 1.29 is 14.7 Å². The zero-order valence-electron chi connectivity index (χ0n) is 8.80. The number of Topliss-reactive ketones (excluding diaryl/α,β-unsaturated/α-hetero) is 1. The predicted octanol–water partition coefficient (Wildman–Crippen LogP) is 1.87. The summed E-state index contributed by atoms with van der Waals surface area (Å²) in [5.74, 6) is -0.136. The minimum Gasteiger partial charge on any atom is -0.465 e. The molecular weight excluding hydrogens is 206 g/mol. The van der Waals surface area contributed by atoms with Crippen LogP contribution in [0, 0.1) is 5.92 Å². The normalized spacial score (nSPS) is 19.8. The fraction of sp³-hybridized carbons (Fsp3) is 0.333. The topological polar surface area (TPSA) is 57.6 Å². The van der Waals surface area contributed by atoms with Crippen LogP contribution in [0.15, 0.2) is 30.3 Å². The van der Waals surface area contributed by atoms with Crippen LogP contribution in [0.3, 0.4) is 0 Å². The quantitative estimate of drug-likeness (QED) is 0.772. The second-order valence-electron chi connectivity index (χ2n) is 3.94. The van der Waals surface area contributed by atoms with Crippen LogP contribution in [0.5, 0.6) is 0 Å². The Morgan fingerprint density at radius 3 is 2.50 bits per heavy atom. The molecule has 1 heterocycles. The third-order valence-electron chi connectivity index (χ3n) is 2.89. The highest BCUT2D eigenvalue weighted by Gasteiger charge is 2.31. The van der Waals surface area contributed by atoms with Crippen LogP contribution >= 0.6 is 0 Å². The summed E-state index contributed by atoms with van der Waals surface area (Å²) >= 11 is 0. The number of likely N-dealkylation sites (tertiary alicyclic amines) is 1. The maximum Gasteiger partial charge on any atom is 0.407 e. The Balaban J connectivity index is 2.05. The molecule has 1 aromatic rings. The van der Waals surface area contributed by atoms with Gasteiger partial charge in [0.15, 0.2) is 5.78 Å². The Bertz CT molecular complexity index is 402. The first-order valence-corrected chi connectivity index (χ1v) is 5.25. The Labute approximate surface area is 93.5 Å². The van der Waals surface area contributed by atoms with E-state index in [0.29, 0.717) is 25.1 Å². The molecule has 1 saturated heterocycles. The molecule has 0 spiro atoms. The third kappa shape index (κ3) is 2.05. The minimum absolute atomic E-state index is 0.0457. The molecule has 1 amide bonds. The van der Waals surface area contributed by atoms with E-state index >= 15 is 0 Å². The van der Waals surface area contributed by atoms with Gasteiger partial charge in [-0.05, 0) is 6.42 Å². The van der Waals surface area contributed by atoms with Crippen molar-refractivity contribution in [1.82, 2.24) is 4.90 Å². The van der Waals surface area contributed by atoms with Gasteiger partial charge in [0, 0.05) is 24.6 Å². The van der Waals surface area contributed by atoms with Crippen molar-refractivity contribution in [3.63, 3.8) is 0 Å². The van der Waals surface area contributed by atoms with Crippen molar-refractivity contribution in [1.29, 1.82) is 0 Å². The van der Waals surface area contributed by atoms with Gasteiger partial charge in [-0.15, -0.1) is 0 Å². The molecule has 1 unspecified atom stereocenters. The first-order valence-electron chi connectivity index (χ1n) is 5.25. The van der Waals surface area contributed by atoms with E-state index in [1.165, 1.54) is 4.90 Å². The molecule has 1 aromatic carbocycles. The summed E-state index contributed by atoms with van der Waals surface area (Å²) in [5, 5.41) is 8.80. The standard InChI is InChI=1S/C12H13NO3/c14-11(9-4-2-1-3-5-9)10-6-7-13(8-10)12(15)16/h1-5,10H,6-8H2,(H,15,16). The predicted molar refractivity (Wildman–Crippen MR) is 58.5 cm³/mol. The van der Waals surface area contributed by atoms with Gasteiger partial charge >= 0.3 is 6.09 Å². The Kier molecular flexibility index (Phi) is 2.90. The molecule has 0 saturated carbocycles. The highest BCUT2D eigenvalue weighted by atomic mass is 16.4. The van der Waals surface area contributed by atoms with Crippen molar-refractivity contribution in [3.05, 3.63) is 35.9 Å². The molecule has 4 heteroatoms. The van der Waals surface area contributed by atoms with Crippen LogP contribution < -0.4 is 0 Å². The summed E-state index contributed by atoms with van der Waals surface area (Å²) in [5.41, 5.74) is 0.666. The summed E-state index contributed by atoms with van der Waals surface area (Å²) in [7, 11) is 0. The second kappa shape index (κ2) is 4.35. The van der Waals surface area contributed by atoms with Gasteiger partial charge < -0.3 is 10.0 Å². The largest absolute Gasteiger partial charge is 0.465 e. The smallest absolute Gasteiger partial charge is 0.407 e. The minimum atomic E-state index is -0.941. The fourth-order valence-electron chi connectivity index (χ4n) is 1.99. The molecule has 1 aliphatic rings. The number of carbonyl (C=O) groups excluding carboxylic acids is 1. The van der Waals surface area contributed by atoms with Gasteiger partial charge in [0.1, 0.15) is 0 Å². The zero-order chi connectivity index (χ0) is 11.5. The van der Waals surface area contributed by atoms with Gasteiger partial charge in [0.05, 0.1) is 0 Å². The summed E-state index contributed by atoms with van der Waals surface area (Å²) in [6, 6.07) is 9.03. The Morgan fingerprint density at radius 2 is 1.94 bits per heavy atom. The van der Waals surface area contributed by atoms with Gasteiger partial charge in [-0.1, -0.05) is 30.3 Å². The van der Waals surface area contributed by atoms with E-state index < -0.39 is 6.09 Å². The molecule has 4 nitrogen and oxygen atoms in total. The lowest BCUT2D eigenvalue weighted by molar-refractivity contribution is 0.0922. The number of carbonyl (C=O) groups is 2. The lowest BCUT2D eigenvalue weighted by Crippen LogP contribution is -2.28. The second-order valence-corrected chi connectivity index (χ2v) is 3.94. The number of hydrogen-bond acceptors (Lipinski definition) is 2. The average molecular weight is 219 g/mol. The maximum atomic E-state index is 12.0. The lowest BCUT2D eigenvalue weighted by atomic mass is 9.97. The molecule has 2 rings (SSSR count). The molecule has 0 aromatic heterocycles. The van der Waals surface area contributed by atoms with Gasteiger partial charge in [0.25, 0.3) is 0 Å². The summed E-state index contributed by atoms with van der Waals surface area (Å²) < 4.78 is 0. The van der Waals surface area contributed by atoms with E-state index in [4.69, 9.17) is 5.11 Å². The number of carboxylic acid groups (broad SMARTS) is 1. The highest BCUT2D eigenvalue weighted by Crippen LogP contribution is 2.20. The van der Waals surface area contributed by atoms with Crippen LogP contribution in [0.1, 0.15) is 16.8 Å². The van der Waals surface area contributed by atoms with E-state index in [2.05, 4.69) is 0 Å². The van der Waals surface area contributed by atoms with Crippen LogP contribution in [-0.4, -0.2) is 35.0 Å². The Morgan fingerprint density at radius 1 is 1.25 bits per heavy atom. The molecule has 0 aliphatic carbocycles. The number of benzene rings is 1. The average Bonchev–Trinajstić information content (AvgIpc) is 2.78. The number of rotatable bonds is 2. The molecule has 1 aliphatic heterocycles. The fourth-order valence-corrected chi connectivity index (χ4v) is 1.99. The molecule has 1 fully saturated rings. The maximum absolute atomic E-state index is 12.0. The lowest BCUT2D eigenvalue weighted by Gasteiger charge is -2.11. The van der Waals surface area contributed by atoms with E-state index in [1.54, 1.807) is 12.1 Å². The number of nitrogens with zero attached hydrogens (tertiary/aromatic N) is 1. The van der Waals surface area contributed by atoms with E-state index in [-0.39, 0.29) is 11.7 Å². The van der Waals surface area contributed by atoms with Crippen LogP contribution in [0.25, 0.3) is 0 Å². The summed E-state index contributed by atoms with van der Waals surface area (Å²) in [6.07, 6.45) is -0.316. The highest BCUT2D eigenvalue weighted by molar-refractivity contribution is 5.98. The van der Waals surface area contributed by atoms with Crippen molar-refractivity contribution in [3.8, 4) is 0 Å². The molecule has 1 N–H and O–H groups in total. The first kappa shape index (κ1) is 10.7. The molecule has 16 heavy (non-hydrogen) atoms. The van der Waals surface area contributed by atoms with Gasteiger partial charge in [-0.2, -0.15) is 0 Å². The van der Waals surface area contributed by atoms with E-state index in [9.17, 15) is 9.59 Å². The molecular formula is C12H13NO3. The molecule has 1 atom stereocenters. The van der Waals surface area contributed by atoms with Gasteiger partial charge in [-0.3, -0.25) is 4.79 Å². The monoisotopic (exact) mass is 219 g/mol. The SMILES string of the molecule is O=C(c1ccccc1)C1CCN(C(=O)O)C1. The van der Waals surface area contributed by atoms with Crippen molar-refractivity contribution in [2.45, 2.75) is 6.42 Å². The summed E-state index contributed by atoms with van der Waals surface area (Å²) in [4.78, 5) is 24.0. The van der Waals surface area contributed by atoms with E-state index in [1.807, 2.05) is 18.2 Å². The number of hydrogen-bond donors (Lipinski definition) is 1. The van der Waals surface area contributed by atoms with Crippen molar-refractivity contribution >= 4 is 11.9 Å². The third-order valence-corrected chi connectivity index (χ3v) is 2.89. The van der Waals surface area contributed by atoms with E-state index in [0.717, 1.165) is 0 Å². The Hall–Kier alpha value is -1.84. The molecule has 84 valence electrons. The van der Waals surface area contributed by atoms with Crippen LogP contribution in [-0.2, 0) is 0 Å². The van der Waals surface area contributed by atoms with Gasteiger partial charge in [-0.25, -0.2) is 4.79 Å². The van der Waals surface area contributed by atoms with Crippen molar-refractivity contribution in [2.24, 2.45) is 5.92 Å². The number of amides is 1. The molecule has 0 bridgehead atoms. The summed E-state index contributed by atoms with van der Waals surface area (Å²) in [6.45, 7) is 0.779. The van der Waals surface area contributed by atoms with Crippen LogP contribution in [0.2, 0.25) is 0 Å². The molecule has 0 radical (unpaired) electrons. The van der Waals surface area contributed by atoms with Gasteiger partial charge in [0.2, 0.25) is 0 Å². The first-order chi connectivity index (χ1) is 7.68. The number of ketones is 1. The van der Waals surface area contributed by atoms with Crippen LogP contribution in [0.4, 0.5) is 4.79 Å². The zero-order valence-corrected chi connectivity index (χ0v) is 8.80.